The molecule has 3 aromatic rings. The van der Waals surface area contributed by atoms with Gasteiger partial charge >= 0.3 is 12.2 Å². The maximum absolute atomic E-state index is 14.0. The molecule has 36 heavy (non-hydrogen) atoms. The third-order valence-electron chi connectivity index (χ3n) is 5.23. The van der Waals surface area contributed by atoms with Gasteiger partial charge in [0.25, 0.3) is 5.91 Å². The topological polar surface area (TPSA) is 120 Å². The predicted molar refractivity (Wildman–Crippen MR) is 122 cm³/mol. The van der Waals surface area contributed by atoms with E-state index in [4.69, 9.17) is 10.5 Å². The minimum absolute atomic E-state index is 0.0430. The van der Waals surface area contributed by atoms with E-state index in [-0.39, 0.29) is 28.1 Å². The molecule has 8 nitrogen and oxygen atoms in total. The lowest BCUT2D eigenvalue weighted by atomic mass is 10.0. The average molecular weight is 525 g/mol. The fourth-order valence-electron chi connectivity index (χ4n) is 3.59. The molecule has 3 amide bonds. The molecule has 0 saturated carbocycles. The van der Waals surface area contributed by atoms with E-state index >= 15 is 0 Å². The van der Waals surface area contributed by atoms with Gasteiger partial charge in [-0.1, -0.05) is 0 Å². The molecule has 2 N–H and O–H groups in total. The summed E-state index contributed by atoms with van der Waals surface area (Å²) in [7, 11) is -2.91. The van der Waals surface area contributed by atoms with Crippen LogP contribution in [0.2, 0.25) is 0 Å². The SMILES string of the molecule is COc1ccc(F)cc1-c1ccncc1N(C(N)=O)C(=O)c1cc(C(F)(F)F)cc(S(C)(=O)=O)c1C. The zero-order valence-corrected chi connectivity index (χ0v) is 19.9. The largest absolute Gasteiger partial charge is 0.496 e. The second-order valence-electron chi connectivity index (χ2n) is 7.63. The number of carbonyl (C=O) groups is 2. The molecule has 1 aromatic heterocycles. The maximum atomic E-state index is 14.0. The first-order valence-electron chi connectivity index (χ1n) is 10.0. The Morgan fingerprint density at radius 3 is 2.31 bits per heavy atom. The van der Waals surface area contributed by atoms with E-state index in [1.165, 1.54) is 25.4 Å². The number of halogens is 4. The van der Waals surface area contributed by atoms with E-state index in [1.54, 1.807) is 0 Å². The molecule has 0 aliphatic heterocycles. The number of rotatable bonds is 5. The summed E-state index contributed by atoms with van der Waals surface area (Å²) < 4.78 is 84.3. The smallest absolute Gasteiger partial charge is 0.416 e. The number of alkyl halides is 3. The Bertz CT molecular complexity index is 1470. The van der Waals surface area contributed by atoms with Gasteiger partial charge in [-0.05, 0) is 48.9 Å². The highest BCUT2D eigenvalue weighted by Crippen LogP contribution is 2.39. The number of ether oxygens (including phenoxy) is 1. The zero-order chi connectivity index (χ0) is 27.0. The standard InChI is InChI=1S/C23H19F4N3O5S/c1-12-16(8-13(23(25,26)27)9-20(12)36(3,33)34)21(31)30(22(28)32)18-11-29-7-6-15(18)17-10-14(24)4-5-19(17)35-2/h4-11H,1-3H3,(H2,28,32). The molecular formula is C23H19F4N3O5S. The maximum Gasteiger partial charge on any atom is 0.416 e. The number of nitrogens with zero attached hydrogens (tertiary/aromatic N) is 2. The number of anilines is 1. The average Bonchev–Trinajstić information content (AvgIpc) is 2.77. The second kappa shape index (κ2) is 9.57. The summed E-state index contributed by atoms with van der Waals surface area (Å²) in [6.45, 7) is 1.13. The number of benzene rings is 2. The number of aromatic nitrogens is 1. The normalized spacial score (nSPS) is 11.8. The quantitative estimate of drug-likeness (QED) is 0.495. The van der Waals surface area contributed by atoms with Crippen LogP contribution < -0.4 is 15.4 Å². The molecule has 0 aliphatic carbocycles. The van der Waals surface area contributed by atoms with Crippen molar-refractivity contribution in [2.75, 3.05) is 18.3 Å². The predicted octanol–water partition coefficient (Wildman–Crippen LogP) is 4.35. The lowest BCUT2D eigenvalue weighted by Gasteiger charge is -2.24. The fourth-order valence-corrected chi connectivity index (χ4v) is 4.60. The summed E-state index contributed by atoms with van der Waals surface area (Å²) in [6.07, 6.45) is -2.02. The van der Waals surface area contributed by atoms with Crippen LogP contribution in [0.5, 0.6) is 5.75 Å². The van der Waals surface area contributed by atoms with Gasteiger partial charge in [0.05, 0.1) is 29.5 Å². The number of hydrogen-bond donors (Lipinski definition) is 1. The second-order valence-corrected chi connectivity index (χ2v) is 9.62. The Morgan fingerprint density at radius 1 is 1.08 bits per heavy atom. The number of urea groups is 1. The van der Waals surface area contributed by atoms with Crippen LogP contribution in [-0.4, -0.2) is 38.7 Å². The van der Waals surface area contributed by atoms with Gasteiger partial charge in [0.2, 0.25) is 0 Å². The third kappa shape index (κ3) is 5.15. The number of nitrogens with two attached hydrogens (primary N) is 1. The Balaban J connectivity index is 2.31. The van der Waals surface area contributed by atoms with E-state index in [9.17, 15) is 35.6 Å². The first-order valence-corrected chi connectivity index (χ1v) is 11.9. The molecule has 0 aliphatic rings. The number of pyridine rings is 1. The molecule has 0 radical (unpaired) electrons. The van der Waals surface area contributed by atoms with Crippen molar-refractivity contribution in [3.05, 3.63) is 71.3 Å². The van der Waals surface area contributed by atoms with Crippen LogP contribution in [0.4, 0.5) is 28.0 Å². The van der Waals surface area contributed by atoms with Gasteiger partial charge in [-0.2, -0.15) is 13.2 Å². The number of methoxy groups -OCH3 is 1. The van der Waals surface area contributed by atoms with Gasteiger partial charge in [0, 0.05) is 29.1 Å². The van der Waals surface area contributed by atoms with E-state index in [2.05, 4.69) is 4.98 Å². The highest BCUT2D eigenvalue weighted by atomic mass is 32.2. The van der Waals surface area contributed by atoms with Crippen LogP contribution in [0.25, 0.3) is 11.1 Å². The third-order valence-corrected chi connectivity index (χ3v) is 6.46. The minimum atomic E-state index is -5.01. The molecule has 0 fully saturated rings. The van der Waals surface area contributed by atoms with Gasteiger partial charge in [0.15, 0.2) is 9.84 Å². The summed E-state index contributed by atoms with van der Waals surface area (Å²) >= 11 is 0. The molecular weight excluding hydrogens is 506 g/mol. The molecule has 0 saturated heterocycles. The van der Waals surface area contributed by atoms with Crippen molar-refractivity contribution in [1.82, 2.24) is 4.98 Å². The van der Waals surface area contributed by atoms with Crippen molar-refractivity contribution in [2.45, 2.75) is 18.0 Å². The molecule has 1 heterocycles. The summed E-state index contributed by atoms with van der Waals surface area (Å²) in [5.41, 5.74) is 2.81. The lowest BCUT2D eigenvalue weighted by molar-refractivity contribution is -0.137. The van der Waals surface area contributed by atoms with Gasteiger partial charge in [-0.15, -0.1) is 0 Å². The summed E-state index contributed by atoms with van der Waals surface area (Å²) in [6, 6.07) is 4.21. The van der Waals surface area contributed by atoms with E-state index in [1.807, 2.05) is 0 Å². The first-order chi connectivity index (χ1) is 16.7. The van der Waals surface area contributed by atoms with Crippen molar-refractivity contribution in [3.63, 3.8) is 0 Å². The monoisotopic (exact) mass is 525 g/mol. The Labute approximate surface area is 203 Å². The number of imide groups is 1. The van der Waals surface area contributed by atoms with Crippen molar-refractivity contribution in [1.29, 1.82) is 0 Å². The fraction of sp³-hybridized carbons (Fsp3) is 0.174. The number of amides is 3. The molecule has 2 aromatic carbocycles. The highest BCUT2D eigenvalue weighted by molar-refractivity contribution is 7.90. The van der Waals surface area contributed by atoms with Crippen LogP contribution in [0.3, 0.4) is 0 Å². The molecule has 3 rings (SSSR count). The molecule has 0 bridgehead atoms. The van der Waals surface area contributed by atoms with Crippen molar-refractivity contribution >= 4 is 27.5 Å². The Kier molecular flexibility index (Phi) is 7.07. The van der Waals surface area contributed by atoms with Crippen molar-refractivity contribution in [2.24, 2.45) is 5.73 Å². The van der Waals surface area contributed by atoms with Crippen molar-refractivity contribution in [3.8, 4) is 16.9 Å². The lowest BCUT2D eigenvalue weighted by Crippen LogP contribution is -2.41. The zero-order valence-electron chi connectivity index (χ0n) is 19.1. The van der Waals surface area contributed by atoms with Crippen LogP contribution >= 0.6 is 0 Å². The van der Waals surface area contributed by atoms with Crippen LogP contribution in [0, 0.1) is 12.7 Å². The van der Waals surface area contributed by atoms with Crippen molar-refractivity contribution < 1.29 is 40.3 Å². The molecule has 0 atom stereocenters. The molecule has 190 valence electrons. The van der Waals surface area contributed by atoms with E-state index in [0.717, 1.165) is 25.3 Å². The van der Waals surface area contributed by atoms with Crippen LogP contribution in [-0.2, 0) is 16.0 Å². The Morgan fingerprint density at radius 2 is 1.75 bits per heavy atom. The number of sulfone groups is 1. The van der Waals surface area contributed by atoms with Gasteiger partial charge in [-0.3, -0.25) is 9.78 Å². The number of carbonyl (C=O) groups excluding carboxylic acids is 2. The van der Waals surface area contributed by atoms with Gasteiger partial charge < -0.3 is 10.5 Å². The highest BCUT2D eigenvalue weighted by Gasteiger charge is 2.36. The van der Waals surface area contributed by atoms with E-state index < -0.39 is 49.8 Å². The molecule has 0 unspecified atom stereocenters. The van der Waals surface area contributed by atoms with Gasteiger partial charge in [0.1, 0.15) is 11.6 Å². The van der Waals surface area contributed by atoms with E-state index in [0.29, 0.717) is 23.3 Å². The van der Waals surface area contributed by atoms with Crippen LogP contribution in [0.15, 0.2) is 53.7 Å². The van der Waals surface area contributed by atoms with Gasteiger partial charge in [-0.25, -0.2) is 22.5 Å². The molecule has 0 spiro atoms. The van der Waals surface area contributed by atoms with Crippen LogP contribution in [0.1, 0.15) is 21.5 Å². The Hall–Kier alpha value is -4.00. The number of hydrogen-bond acceptors (Lipinski definition) is 6. The summed E-state index contributed by atoms with van der Waals surface area (Å²) in [5, 5.41) is 0. The summed E-state index contributed by atoms with van der Waals surface area (Å²) in [4.78, 5) is 29.4. The minimum Gasteiger partial charge on any atom is -0.496 e. The number of primary amides is 1. The summed E-state index contributed by atoms with van der Waals surface area (Å²) in [5.74, 6) is -1.88. The molecule has 13 heteroatoms. The first kappa shape index (κ1) is 26.6.